The van der Waals surface area contributed by atoms with Crippen molar-refractivity contribution in [3.05, 3.63) is 18.7 Å². The Hall–Kier alpha value is -0.0600. The molecule has 0 saturated heterocycles. The van der Waals surface area contributed by atoms with E-state index in [1.807, 2.05) is 18.7 Å². The molecule has 0 aliphatic carbocycles. The fourth-order valence-electron chi connectivity index (χ4n) is 1.57. The van der Waals surface area contributed by atoms with Crippen molar-refractivity contribution in [3.8, 4) is 0 Å². The van der Waals surface area contributed by atoms with Gasteiger partial charge in [-0.3, -0.25) is 0 Å². The molecule has 0 aliphatic heterocycles. The van der Waals surface area contributed by atoms with Crippen LogP contribution in [0.15, 0.2) is 18.7 Å². The van der Waals surface area contributed by atoms with Crippen LogP contribution in [-0.4, -0.2) is 9.55 Å². The second-order valence-electron chi connectivity index (χ2n) is 3.87. The first-order chi connectivity index (χ1) is 6.25. The predicted molar refractivity (Wildman–Crippen MR) is 71.0 cm³/mol. The maximum Gasteiger partial charge on any atom is 0.0948 e. The topological polar surface area (TPSA) is 17.8 Å². The standard InChI is InChI=1S/C11H20N2.HI/c1-4-5-6-10(2)11(3)13-8-7-12-9-13;/h7-11H,4-6H2,1-3H3;1H. The van der Waals surface area contributed by atoms with Crippen molar-refractivity contribution < 1.29 is 0 Å². The molecule has 0 radical (unpaired) electrons. The van der Waals surface area contributed by atoms with Gasteiger partial charge in [-0.25, -0.2) is 4.98 Å². The largest absolute Gasteiger partial charge is 0.334 e. The number of rotatable bonds is 5. The third kappa shape index (κ3) is 3.98. The Morgan fingerprint density at radius 1 is 1.36 bits per heavy atom. The smallest absolute Gasteiger partial charge is 0.0948 e. The van der Waals surface area contributed by atoms with Crippen LogP contribution in [-0.2, 0) is 0 Å². The Morgan fingerprint density at radius 3 is 2.57 bits per heavy atom. The Balaban J connectivity index is 0.00000169. The van der Waals surface area contributed by atoms with Gasteiger partial charge in [0.05, 0.1) is 6.33 Å². The molecule has 1 aromatic heterocycles. The Bertz CT molecular complexity index is 221. The van der Waals surface area contributed by atoms with Crippen LogP contribution in [0.25, 0.3) is 0 Å². The minimum atomic E-state index is 0. The Morgan fingerprint density at radius 2 is 2.07 bits per heavy atom. The van der Waals surface area contributed by atoms with Crippen molar-refractivity contribution in [2.75, 3.05) is 0 Å². The van der Waals surface area contributed by atoms with Crippen molar-refractivity contribution in [2.45, 2.75) is 46.1 Å². The van der Waals surface area contributed by atoms with Gasteiger partial charge in [-0.05, 0) is 19.3 Å². The molecule has 1 heterocycles. The van der Waals surface area contributed by atoms with E-state index in [2.05, 4.69) is 30.3 Å². The second-order valence-corrected chi connectivity index (χ2v) is 3.87. The molecule has 3 heteroatoms. The van der Waals surface area contributed by atoms with Gasteiger partial charge >= 0.3 is 0 Å². The molecule has 82 valence electrons. The summed E-state index contributed by atoms with van der Waals surface area (Å²) in [4.78, 5) is 4.07. The van der Waals surface area contributed by atoms with Crippen LogP contribution in [0.2, 0.25) is 0 Å². The van der Waals surface area contributed by atoms with Crippen molar-refractivity contribution in [1.82, 2.24) is 9.55 Å². The highest BCUT2D eigenvalue weighted by Crippen LogP contribution is 2.21. The van der Waals surface area contributed by atoms with E-state index in [-0.39, 0.29) is 24.0 Å². The monoisotopic (exact) mass is 308 g/mol. The normalized spacial score (nSPS) is 14.5. The van der Waals surface area contributed by atoms with E-state index >= 15 is 0 Å². The molecule has 1 rings (SSSR count). The Labute approximate surface area is 104 Å². The first-order valence-electron chi connectivity index (χ1n) is 5.23. The number of aromatic nitrogens is 2. The summed E-state index contributed by atoms with van der Waals surface area (Å²) in [6.45, 7) is 6.83. The molecule has 0 saturated carbocycles. The van der Waals surface area contributed by atoms with Crippen LogP contribution in [0.3, 0.4) is 0 Å². The van der Waals surface area contributed by atoms with E-state index in [1.54, 1.807) is 0 Å². The van der Waals surface area contributed by atoms with Crippen LogP contribution >= 0.6 is 24.0 Å². The van der Waals surface area contributed by atoms with Gasteiger partial charge in [0, 0.05) is 18.4 Å². The van der Waals surface area contributed by atoms with Crippen molar-refractivity contribution in [2.24, 2.45) is 5.92 Å². The molecule has 2 unspecified atom stereocenters. The van der Waals surface area contributed by atoms with Crippen molar-refractivity contribution >= 4 is 24.0 Å². The van der Waals surface area contributed by atoms with Gasteiger partial charge in [0.15, 0.2) is 0 Å². The summed E-state index contributed by atoms with van der Waals surface area (Å²) in [5, 5.41) is 0. The van der Waals surface area contributed by atoms with Gasteiger partial charge in [0.2, 0.25) is 0 Å². The van der Waals surface area contributed by atoms with E-state index in [0.717, 1.165) is 5.92 Å². The number of hydrogen-bond donors (Lipinski definition) is 0. The van der Waals surface area contributed by atoms with E-state index in [4.69, 9.17) is 0 Å². The maximum absolute atomic E-state index is 4.07. The average molecular weight is 308 g/mol. The van der Waals surface area contributed by atoms with Gasteiger partial charge in [-0.2, -0.15) is 0 Å². The highest BCUT2D eigenvalue weighted by molar-refractivity contribution is 14.0. The number of imidazole rings is 1. The summed E-state index contributed by atoms with van der Waals surface area (Å²) in [6, 6.07) is 0.578. The molecule has 1 aromatic rings. The summed E-state index contributed by atoms with van der Waals surface area (Å²) < 4.78 is 2.19. The van der Waals surface area contributed by atoms with Crippen molar-refractivity contribution in [3.63, 3.8) is 0 Å². The molecule has 0 spiro atoms. The van der Waals surface area contributed by atoms with Gasteiger partial charge < -0.3 is 4.57 Å². The summed E-state index contributed by atoms with van der Waals surface area (Å²) in [5.74, 6) is 0.745. The van der Waals surface area contributed by atoms with Crippen LogP contribution in [0.1, 0.15) is 46.1 Å². The maximum atomic E-state index is 4.07. The summed E-state index contributed by atoms with van der Waals surface area (Å²) in [5.41, 5.74) is 0. The van der Waals surface area contributed by atoms with Crippen LogP contribution in [0.5, 0.6) is 0 Å². The summed E-state index contributed by atoms with van der Waals surface area (Å²) in [7, 11) is 0. The summed E-state index contributed by atoms with van der Waals surface area (Å²) in [6.07, 6.45) is 9.75. The first-order valence-corrected chi connectivity index (χ1v) is 5.23. The molecule has 14 heavy (non-hydrogen) atoms. The molecular weight excluding hydrogens is 287 g/mol. The zero-order chi connectivity index (χ0) is 9.68. The first kappa shape index (κ1) is 13.9. The number of halogens is 1. The highest BCUT2D eigenvalue weighted by Gasteiger charge is 2.12. The van der Waals surface area contributed by atoms with E-state index in [9.17, 15) is 0 Å². The zero-order valence-electron chi connectivity index (χ0n) is 9.31. The molecule has 0 amide bonds. The number of hydrogen-bond acceptors (Lipinski definition) is 1. The molecule has 0 bridgehead atoms. The lowest BCUT2D eigenvalue weighted by Gasteiger charge is -2.20. The van der Waals surface area contributed by atoms with E-state index < -0.39 is 0 Å². The predicted octanol–water partition coefficient (Wildman–Crippen LogP) is 3.89. The lowest BCUT2D eigenvalue weighted by atomic mass is 9.97. The molecule has 0 aromatic carbocycles. The number of unbranched alkanes of at least 4 members (excludes halogenated alkanes) is 1. The zero-order valence-corrected chi connectivity index (χ0v) is 11.6. The SMILES string of the molecule is CCCCC(C)C(C)n1ccnc1.I. The quantitative estimate of drug-likeness (QED) is 0.755. The highest BCUT2D eigenvalue weighted by atomic mass is 127. The van der Waals surface area contributed by atoms with Gasteiger partial charge in [-0.1, -0.05) is 26.7 Å². The third-order valence-corrected chi connectivity index (χ3v) is 2.83. The van der Waals surface area contributed by atoms with Gasteiger partial charge in [-0.15, -0.1) is 24.0 Å². The lowest BCUT2D eigenvalue weighted by Crippen LogP contribution is -2.12. The van der Waals surface area contributed by atoms with E-state index in [0.29, 0.717) is 6.04 Å². The fraction of sp³-hybridized carbons (Fsp3) is 0.727. The van der Waals surface area contributed by atoms with E-state index in [1.165, 1.54) is 19.3 Å². The number of nitrogens with zero attached hydrogens (tertiary/aromatic N) is 2. The average Bonchev–Trinajstić information content (AvgIpc) is 2.65. The molecule has 0 aliphatic rings. The minimum absolute atomic E-state index is 0. The molecule has 2 atom stereocenters. The van der Waals surface area contributed by atoms with Crippen LogP contribution in [0.4, 0.5) is 0 Å². The lowest BCUT2D eigenvalue weighted by molar-refractivity contribution is 0.350. The van der Waals surface area contributed by atoms with Gasteiger partial charge in [0.1, 0.15) is 0 Å². The molecule has 0 N–H and O–H groups in total. The Kier molecular flexibility index (Phi) is 7.23. The molecule has 2 nitrogen and oxygen atoms in total. The van der Waals surface area contributed by atoms with Crippen molar-refractivity contribution in [1.29, 1.82) is 0 Å². The molecule has 0 fully saturated rings. The van der Waals surface area contributed by atoms with Crippen LogP contribution < -0.4 is 0 Å². The minimum Gasteiger partial charge on any atom is -0.334 e. The van der Waals surface area contributed by atoms with Crippen LogP contribution in [0, 0.1) is 5.92 Å². The molecular formula is C11H21IN2. The van der Waals surface area contributed by atoms with Gasteiger partial charge in [0.25, 0.3) is 0 Å². The third-order valence-electron chi connectivity index (χ3n) is 2.83. The second kappa shape index (κ2) is 7.26. The fourth-order valence-corrected chi connectivity index (χ4v) is 1.57. The summed E-state index contributed by atoms with van der Waals surface area (Å²) >= 11 is 0.